The van der Waals surface area contributed by atoms with Gasteiger partial charge >= 0.3 is 0 Å². The molecule has 0 spiro atoms. The van der Waals surface area contributed by atoms with Gasteiger partial charge in [0.1, 0.15) is 24.2 Å². The van der Waals surface area contributed by atoms with Crippen molar-refractivity contribution in [3.05, 3.63) is 88.4 Å². The largest absolute Gasteiger partial charge is 0.497 e. The maximum Gasteiger partial charge on any atom is 0.297 e. The molecule has 0 aliphatic heterocycles. The summed E-state index contributed by atoms with van der Waals surface area (Å²) in [5.74, 6) is 0.731. The Morgan fingerprint density at radius 2 is 1.68 bits per heavy atom. The second-order valence-electron chi connectivity index (χ2n) is 6.73. The molecule has 6 nitrogen and oxygen atoms in total. The third kappa shape index (κ3) is 5.85. The first-order chi connectivity index (χ1) is 14.8. The monoisotopic (exact) mass is 460 g/mol. The highest BCUT2D eigenvalue weighted by Crippen LogP contribution is 2.30. The molecule has 0 aliphatic carbocycles. The van der Waals surface area contributed by atoms with Crippen LogP contribution in [0.4, 0.5) is 0 Å². The topological polar surface area (TPSA) is 78.9 Å². The Hall–Kier alpha value is -2.87. The zero-order chi connectivity index (χ0) is 22.4. The lowest BCUT2D eigenvalue weighted by atomic mass is 10.1. The van der Waals surface area contributed by atoms with Crippen molar-refractivity contribution < 1.29 is 26.9 Å². The van der Waals surface area contributed by atoms with Gasteiger partial charge in [0, 0.05) is 11.1 Å². The maximum atomic E-state index is 12.6. The summed E-state index contributed by atoms with van der Waals surface area (Å²) in [6.07, 6.45) is -0.180. The molecule has 0 saturated heterocycles. The molecule has 0 bridgehead atoms. The zero-order valence-corrected chi connectivity index (χ0v) is 18.5. The van der Waals surface area contributed by atoms with Gasteiger partial charge in [-0.15, -0.1) is 0 Å². The van der Waals surface area contributed by atoms with Crippen LogP contribution < -0.4 is 9.47 Å². The van der Waals surface area contributed by atoms with Crippen molar-refractivity contribution >= 4 is 28.0 Å². The molecule has 31 heavy (non-hydrogen) atoms. The minimum Gasteiger partial charge on any atom is -0.497 e. The number of hydrogen-bond acceptors (Lipinski definition) is 6. The van der Waals surface area contributed by atoms with Crippen molar-refractivity contribution in [2.45, 2.75) is 17.9 Å². The highest BCUT2D eigenvalue weighted by Gasteiger charge is 2.22. The Bertz CT molecular complexity index is 1140. The quantitative estimate of drug-likeness (QED) is 0.330. The van der Waals surface area contributed by atoms with Gasteiger partial charge in [0.2, 0.25) is 0 Å². The summed E-state index contributed by atoms with van der Waals surface area (Å²) in [5, 5.41) is 0.519. The van der Waals surface area contributed by atoms with Crippen molar-refractivity contribution in [3.8, 4) is 11.5 Å². The summed E-state index contributed by atoms with van der Waals surface area (Å²) in [7, 11) is -2.52. The third-order valence-electron chi connectivity index (χ3n) is 4.54. The van der Waals surface area contributed by atoms with Crippen molar-refractivity contribution in [1.29, 1.82) is 0 Å². The van der Waals surface area contributed by atoms with Gasteiger partial charge in [-0.05, 0) is 48.9 Å². The minimum atomic E-state index is -4.01. The van der Waals surface area contributed by atoms with E-state index in [0.717, 1.165) is 5.56 Å². The zero-order valence-electron chi connectivity index (χ0n) is 16.9. The van der Waals surface area contributed by atoms with Crippen LogP contribution in [0.3, 0.4) is 0 Å². The van der Waals surface area contributed by atoms with E-state index in [-0.39, 0.29) is 17.3 Å². The minimum absolute atomic E-state index is 0.0444. The first-order valence-corrected chi connectivity index (χ1v) is 11.1. The number of hydrogen-bond donors (Lipinski definition) is 0. The van der Waals surface area contributed by atoms with Gasteiger partial charge in [-0.1, -0.05) is 41.4 Å². The lowest BCUT2D eigenvalue weighted by Crippen LogP contribution is -2.19. The number of carbonyl (C=O) groups excluding carboxylic acids is 1. The summed E-state index contributed by atoms with van der Waals surface area (Å²) >= 11 is 5.98. The van der Waals surface area contributed by atoms with Crippen LogP contribution in [-0.2, 0) is 14.3 Å². The van der Waals surface area contributed by atoms with Crippen LogP contribution in [-0.4, -0.2) is 28.4 Å². The summed E-state index contributed by atoms with van der Waals surface area (Å²) in [4.78, 5) is 11.5. The molecule has 0 aliphatic rings. The average molecular weight is 461 g/mol. The molecule has 8 heteroatoms. The van der Waals surface area contributed by atoms with Crippen molar-refractivity contribution in [1.82, 2.24) is 0 Å². The Morgan fingerprint density at radius 1 is 1.00 bits per heavy atom. The molecule has 0 radical (unpaired) electrons. The van der Waals surface area contributed by atoms with Gasteiger partial charge in [-0.2, -0.15) is 8.42 Å². The van der Waals surface area contributed by atoms with Crippen LogP contribution >= 0.6 is 11.6 Å². The Kier molecular flexibility index (Phi) is 7.33. The smallest absolute Gasteiger partial charge is 0.297 e. The Labute approximate surface area is 186 Å². The number of carbonyl (C=O) groups is 1. The summed E-state index contributed by atoms with van der Waals surface area (Å²) in [5.41, 5.74) is 1.85. The first kappa shape index (κ1) is 22.8. The molecule has 3 rings (SSSR count). The second kappa shape index (κ2) is 9.96. The molecular weight excluding hydrogens is 440 g/mol. The molecule has 0 fully saturated rings. The maximum absolute atomic E-state index is 12.6. The molecule has 1 unspecified atom stereocenters. The van der Waals surface area contributed by atoms with E-state index in [2.05, 4.69) is 0 Å². The Balaban J connectivity index is 1.90. The van der Waals surface area contributed by atoms with E-state index in [4.69, 9.17) is 25.3 Å². The molecule has 0 saturated carbocycles. The normalized spacial score (nSPS) is 12.2. The summed E-state index contributed by atoms with van der Waals surface area (Å²) in [6.45, 7) is 1.55. The van der Waals surface area contributed by atoms with Crippen LogP contribution in [0.1, 0.15) is 27.6 Å². The van der Waals surface area contributed by atoms with Gasteiger partial charge < -0.3 is 9.47 Å². The molecule has 0 amide bonds. The van der Waals surface area contributed by atoms with E-state index in [1.807, 2.05) is 6.92 Å². The number of halogens is 1. The lowest BCUT2D eigenvalue weighted by molar-refractivity contribution is 0.109. The number of ether oxygens (including phenoxy) is 2. The highest BCUT2D eigenvalue weighted by molar-refractivity contribution is 7.86. The second-order valence-corrected chi connectivity index (χ2v) is 8.78. The van der Waals surface area contributed by atoms with Gasteiger partial charge in [0.25, 0.3) is 10.1 Å². The van der Waals surface area contributed by atoms with Crippen molar-refractivity contribution in [3.63, 3.8) is 0 Å². The summed E-state index contributed by atoms with van der Waals surface area (Å²) < 4.78 is 41.8. The summed E-state index contributed by atoms with van der Waals surface area (Å²) in [6, 6.07) is 17.8. The van der Waals surface area contributed by atoms with E-state index < -0.39 is 16.2 Å². The fourth-order valence-electron chi connectivity index (χ4n) is 2.79. The molecule has 0 heterocycles. The highest BCUT2D eigenvalue weighted by atomic mass is 35.5. The number of methoxy groups -OCH3 is 1. The lowest BCUT2D eigenvalue weighted by Gasteiger charge is -2.21. The number of aryl methyl sites for hydroxylation is 1. The van der Waals surface area contributed by atoms with Crippen LogP contribution in [0.25, 0.3) is 0 Å². The molecule has 0 N–H and O–H groups in total. The number of aldehydes is 1. The predicted octanol–water partition coefficient (Wildman–Crippen LogP) is 5.00. The van der Waals surface area contributed by atoms with Gasteiger partial charge in [-0.3, -0.25) is 8.98 Å². The molecule has 3 aromatic rings. The number of benzene rings is 3. The van der Waals surface area contributed by atoms with Crippen molar-refractivity contribution in [2.24, 2.45) is 0 Å². The van der Waals surface area contributed by atoms with E-state index in [9.17, 15) is 13.2 Å². The molecule has 3 aromatic carbocycles. The van der Waals surface area contributed by atoms with E-state index in [1.54, 1.807) is 54.6 Å². The Morgan fingerprint density at radius 3 is 2.29 bits per heavy atom. The van der Waals surface area contributed by atoms with Crippen molar-refractivity contribution in [2.75, 3.05) is 13.7 Å². The van der Waals surface area contributed by atoms with Gasteiger partial charge in [-0.25, -0.2) is 0 Å². The van der Waals surface area contributed by atoms with Gasteiger partial charge in [0.05, 0.1) is 17.6 Å². The van der Waals surface area contributed by atoms with E-state index in [0.29, 0.717) is 28.2 Å². The number of rotatable bonds is 9. The fourth-order valence-corrected chi connectivity index (χ4v) is 3.83. The van der Waals surface area contributed by atoms with Crippen LogP contribution in [0.5, 0.6) is 11.5 Å². The average Bonchev–Trinajstić information content (AvgIpc) is 2.77. The molecule has 0 aromatic heterocycles. The third-order valence-corrected chi connectivity index (χ3v) is 6.09. The first-order valence-electron chi connectivity index (χ1n) is 9.34. The molecule has 1 atom stereocenters. The van der Waals surface area contributed by atoms with Crippen LogP contribution in [0.15, 0.2) is 71.6 Å². The van der Waals surface area contributed by atoms with Crippen LogP contribution in [0, 0.1) is 6.92 Å². The molecule has 162 valence electrons. The SMILES string of the molecule is COc1ccc(C=O)c(OC(COS(=O)(=O)c2ccc(C)cc2)c2ccc(Cl)cc2)c1. The van der Waals surface area contributed by atoms with E-state index >= 15 is 0 Å². The van der Waals surface area contributed by atoms with E-state index in [1.165, 1.54) is 19.2 Å². The molecular formula is C23H21ClO6S. The predicted molar refractivity (Wildman–Crippen MR) is 118 cm³/mol. The fraction of sp³-hybridized carbons (Fsp3) is 0.174. The van der Waals surface area contributed by atoms with Gasteiger partial charge in [0.15, 0.2) is 6.29 Å². The standard InChI is InChI=1S/C23H21ClO6S/c1-16-3-11-21(12-4-16)31(26,27)29-15-23(17-5-8-19(24)9-6-17)30-22-13-20(28-2)10-7-18(22)14-25/h3-14,23H,15H2,1-2H3. The van der Waals surface area contributed by atoms with Crippen LogP contribution in [0.2, 0.25) is 5.02 Å².